The maximum absolute atomic E-state index is 8.77. The minimum atomic E-state index is 0.205. The Kier molecular flexibility index (Phi) is 4.18. The number of aromatic nitrogens is 2. The van der Waals surface area contributed by atoms with E-state index in [-0.39, 0.29) is 6.61 Å². The second kappa shape index (κ2) is 5.48. The number of aliphatic hydroxyl groups is 1. The molecule has 72 valence electrons. The summed E-state index contributed by atoms with van der Waals surface area (Å²) >= 11 is 0. The maximum Gasteiger partial charge on any atom is 0.129 e. The van der Waals surface area contributed by atoms with E-state index in [0.29, 0.717) is 6.04 Å². The van der Waals surface area contributed by atoms with Gasteiger partial charge in [-0.25, -0.2) is 9.97 Å². The van der Waals surface area contributed by atoms with Crippen LogP contribution in [0, 0.1) is 0 Å². The number of nitrogens with one attached hydrogen (secondary N) is 1. The number of hydrogen-bond donors (Lipinski definition) is 2. The molecule has 0 saturated heterocycles. The molecule has 0 aliphatic rings. The van der Waals surface area contributed by atoms with Gasteiger partial charge in [-0.15, -0.1) is 0 Å². The van der Waals surface area contributed by atoms with Crippen LogP contribution in [0.3, 0.4) is 0 Å². The van der Waals surface area contributed by atoms with Crippen molar-refractivity contribution in [2.45, 2.75) is 25.8 Å². The zero-order valence-corrected chi connectivity index (χ0v) is 7.77. The first kappa shape index (κ1) is 9.92. The Balaban J connectivity index is 2.46. The van der Waals surface area contributed by atoms with Crippen molar-refractivity contribution in [1.82, 2.24) is 9.97 Å². The molecule has 2 N–H and O–H groups in total. The summed E-state index contributed by atoms with van der Waals surface area (Å²) in [4.78, 5) is 7.87. The Morgan fingerprint density at radius 1 is 1.62 bits per heavy atom. The molecule has 1 unspecified atom stereocenters. The number of rotatable bonds is 5. The fourth-order valence-corrected chi connectivity index (χ4v) is 1.12. The van der Waals surface area contributed by atoms with Crippen LogP contribution >= 0.6 is 0 Å². The monoisotopic (exact) mass is 181 g/mol. The molecule has 0 amide bonds. The van der Waals surface area contributed by atoms with Crippen molar-refractivity contribution in [3.05, 3.63) is 18.6 Å². The molecule has 1 rings (SSSR count). The van der Waals surface area contributed by atoms with Gasteiger partial charge in [0.15, 0.2) is 0 Å². The third-order valence-electron chi connectivity index (χ3n) is 1.90. The average Bonchev–Trinajstić information content (AvgIpc) is 2.19. The van der Waals surface area contributed by atoms with E-state index >= 15 is 0 Å². The van der Waals surface area contributed by atoms with Crippen molar-refractivity contribution in [2.24, 2.45) is 0 Å². The van der Waals surface area contributed by atoms with E-state index in [1.54, 1.807) is 6.20 Å². The van der Waals surface area contributed by atoms with Crippen LogP contribution in [0.2, 0.25) is 0 Å². The molecule has 4 heteroatoms. The van der Waals surface area contributed by atoms with Crippen LogP contribution in [0.4, 0.5) is 5.82 Å². The first-order valence-electron chi connectivity index (χ1n) is 4.50. The van der Waals surface area contributed by atoms with Crippen molar-refractivity contribution < 1.29 is 5.11 Å². The number of anilines is 1. The molecule has 1 aromatic rings. The van der Waals surface area contributed by atoms with E-state index in [4.69, 9.17) is 5.11 Å². The molecular weight excluding hydrogens is 166 g/mol. The van der Waals surface area contributed by atoms with Gasteiger partial charge in [-0.3, -0.25) is 0 Å². The second-order valence-electron chi connectivity index (χ2n) is 2.86. The largest absolute Gasteiger partial charge is 0.396 e. The first-order chi connectivity index (χ1) is 6.36. The molecule has 0 aliphatic heterocycles. The van der Waals surface area contributed by atoms with Gasteiger partial charge in [0.25, 0.3) is 0 Å². The van der Waals surface area contributed by atoms with E-state index in [9.17, 15) is 0 Å². The fraction of sp³-hybridized carbons (Fsp3) is 0.556. The Labute approximate surface area is 78.0 Å². The van der Waals surface area contributed by atoms with E-state index in [1.165, 1.54) is 6.33 Å². The predicted molar refractivity (Wildman–Crippen MR) is 51.4 cm³/mol. The lowest BCUT2D eigenvalue weighted by Crippen LogP contribution is -2.20. The standard InChI is InChI=1S/C9H15N3O/c1-2-8(4-6-13)12-9-3-5-10-7-11-9/h3,5,7-8,13H,2,4,6H2,1H3,(H,10,11,12). The molecule has 1 atom stereocenters. The molecule has 0 spiro atoms. The molecule has 1 aromatic heterocycles. The molecule has 4 nitrogen and oxygen atoms in total. The third kappa shape index (κ3) is 3.38. The van der Waals surface area contributed by atoms with Gasteiger partial charge < -0.3 is 10.4 Å². The van der Waals surface area contributed by atoms with Gasteiger partial charge >= 0.3 is 0 Å². The summed E-state index contributed by atoms with van der Waals surface area (Å²) in [5.74, 6) is 0.815. The zero-order valence-electron chi connectivity index (χ0n) is 7.77. The molecule has 0 aliphatic carbocycles. The number of aliphatic hydroxyl groups excluding tert-OH is 1. The maximum atomic E-state index is 8.77. The highest BCUT2D eigenvalue weighted by molar-refractivity contribution is 5.32. The number of nitrogens with zero attached hydrogens (tertiary/aromatic N) is 2. The molecular formula is C9H15N3O. The van der Waals surface area contributed by atoms with Gasteiger partial charge in [-0.1, -0.05) is 6.92 Å². The van der Waals surface area contributed by atoms with Crippen LogP contribution in [0.1, 0.15) is 19.8 Å². The molecule has 0 aromatic carbocycles. The minimum absolute atomic E-state index is 0.205. The summed E-state index contributed by atoms with van der Waals surface area (Å²) < 4.78 is 0. The topological polar surface area (TPSA) is 58.0 Å². The quantitative estimate of drug-likeness (QED) is 0.712. The molecule has 13 heavy (non-hydrogen) atoms. The Morgan fingerprint density at radius 2 is 2.46 bits per heavy atom. The second-order valence-corrected chi connectivity index (χ2v) is 2.86. The molecule has 0 fully saturated rings. The van der Waals surface area contributed by atoms with Crippen LogP contribution < -0.4 is 5.32 Å². The molecule has 1 heterocycles. The van der Waals surface area contributed by atoms with Crippen molar-refractivity contribution in [2.75, 3.05) is 11.9 Å². The molecule has 0 saturated carbocycles. The average molecular weight is 181 g/mol. The molecule has 0 bridgehead atoms. The summed E-state index contributed by atoms with van der Waals surface area (Å²) in [6.07, 6.45) is 4.93. The van der Waals surface area contributed by atoms with Crippen LogP contribution in [-0.2, 0) is 0 Å². The first-order valence-corrected chi connectivity index (χ1v) is 4.50. The Bertz CT molecular complexity index is 228. The minimum Gasteiger partial charge on any atom is -0.396 e. The van der Waals surface area contributed by atoms with Gasteiger partial charge in [-0.2, -0.15) is 0 Å². The summed E-state index contributed by atoms with van der Waals surface area (Å²) in [5, 5.41) is 12.0. The van der Waals surface area contributed by atoms with Crippen LogP contribution in [0.5, 0.6) is 0 Å². The Morgan fingerprint density at radius 3 is 3.00 bits per heavy atom. The third-order valence-corrected chi connectivity index (χ3v) is 1.90. The summed E-state index contributed by atoms with van der Waals surface area (Å²) in [7, 11) is 0. The highest BCUT2D eigenvalue weighted by atomic mass is 16.3. The highest BCUT2D eigenvalue weighted by Crippen LogP contribution is 2.06. The van der Waals surface area contributed by atoms with Crippen LogP contribution in [0.25, 0.3) is 0 Å². The van der Waals surface area contributed by atoms with Gasteiger partial charge in [0.2, 0.25) is 0 Å². The number of hydrogen-bond acceptors (Lipinski definition) is 4. The van der Waals surface area contributed by atoms with Crippen molar-refractivity contribution >= 4 is 5.82 Å². The summed E-state index contributed by atoms with van der Waals surface area (Å²) in [5.41, 5.74) is 0. The zero-order chi connectivity index (χ0) is 9.52. The lowest BCUT2D eigenvalue weighted by Gasteiger charge is -2.15. The van der Waals surface area contributed by atoms with Gasteiger partial charge in [0, 0.05) is 18.8 Å². The smallest absolute Gasteiger partial charge is 0.129 e. The summed E-state index contributed by atoms with van der Waals surface area (Å²) in [6, 6.07) is 2.11. The Hall–Kier alpha value is -1.16. The lowest BCUT2D eigenvalue weighted by atomic mass is 10.1. The van der Waals surface area contributed by atoms with Gasteiger partial charge in [-0.05, 0) is 18.9 Å². The SMILES string of the molecule is CCC(CCO)Nc1ccncn1. The van der Waals surface area contributed by atoms with Crippen molar-refractivity contribution in [3.8, 4) is 0 Å². The van der Waals surface area contributed by atoms with E-state index < -0.39 is 0 Å². The van der Waals surface area contributed by atoms with E-state index in [0.717, 1.165) is 18.7 Å². The summed E-state index contributed by atoms with van der Waals surface area (Å²) in [6.45, 7) is 2.28. The highest BCUT2D eigenvalue weighted by Gasteiger charge is 2.04. The fourth-order valence-electron chi connectivity index (χ4n) is 1.12. The van der Waals surface area contributed by atoms with Crippen molar-refractivity contribution in [1.29, 1.82) is 0 Å². The predicted octanol–water partition coefficient (Wildman–Crippen LogP) is 1.05. The van der Waals surface area contributed by atoms with E-state index in [2.05, 4.69) is 22.2 Å². The van der Waals surface area contributed by atoms with Gasteiger partial charge in [0.05, 0.1) is 0 Å². The normalized spacial score (nSPS) is 12.5. The van der Waals surface area contributed by atoms with E-state index in [1.807, 2.05) is 6.07 Å². The lowest BCUT2D eigenvalue weighted by molar-refractivity contribution is 0.278. The van der Waals surface area contributed by atoms with Gasteiger partial charge in [0.1, 0.15) is 12.1 Å². The molecule has 0 radical (unpaired) electrons. The van der Waals surface area contributed by atoms with Crippen LogP contribution in [-0.4, -0.2) is 27.7 Å². The van der Waals surface area contributed by atoms with Crippen LogP contribution in [0.15, 0.2) is 18.6 Å². The van der Waals surface area contributed by atoms with Crippen molar-refractivity contribution in [3.63, 3.8) is 0 Å².